The molecule has 1 aliphatic carbocycles. The molecule has 6 heteroatoms. The van der Waals surface area contributed by atoms with E-state index in [0.717, 1.165) is 24.7 Å². The van der Waals surface area contributed by atoms with Crippen LogP contribution in [0.25, 0.3) is 0 Å². The van der Waals surface area contributed by atoms with E-state index in [-0.39, 0.29) is 0 Å². The normalized spacial score (nSPS) is 14.8. The second-order valence-corrected chi connectivity index (χ2v) is 5.23. The molecule has 1 fully saturated rings. The standard InChI is InChI=1S/C13H13F2N3S/c14-10-5-8(6-11(15)7-10)3-4-18-12(9-1-2-9)16-17-13(18)19/h5-7,9H,1-4H2,(H,17,19). The largest absolute Gasteiger partial charge is 0.304 e. The van der Waals surface area contributed by atoms with Gasteiger partial charge in [0.25, 0.3) is 0 Å². The first-order valence-electron chi connectivity index (χ1n) is 6.23. The summed E-state index contributed by atoms with van der Waals surface area (Å²) in [6.45, 7) is 0.587. The predicted molar refractivity (Wildman–Crippen MR) is 69.4 cm³/mol. The molecule has 1 N–H and O–H groups in total. The lowest BCUT2D eigenvalue weighted by Crippen LogP contribution is -2.06. The number of rotatable bonds is 4. The average Bonchev–Trinajstić information content (AvgIpc) is 3.11. The van der Waals surface area contributed by atoms with Gasteiger partial charge in [0, 0.05) is 18.5 Å². The second kappa shape index (κ2) is 4.85. The molecular formula is C13H13F2N3S. The van der Waals surface area contributed by atoms with Crippen LogP contribution in [0.2, 0.25) is 0 Å². The van der Waals surface area contributed by atoms with Crippen LogP contribution in [0.15, 0.2) is 18.2 Å². The molecule has 19 heavy (non-hydrogen) atoms. The summed E-state index contributed by atoms with van der Waals surface area (Å²) in [5, 5.41) is 7.01. The lowest BCUT2D eigenvalue weighted by molar-refractivity contribution is 0.574. The van der Waals surface area contributed by atoms with E-state index < -0.39 is 11.6 Å². The maximum Gasteiger partial charge on any atom is 0.195 e. The maximum atomic E-state index is 13.1. The van der Waals surface area contributed by atoms with Gasteiger partial charge >= 0.3 is 0 Å². The lowest BCUT2D eigenvalue weighted by atomic mass is 10.1. The maximum absolute atomic E-state index is 13.1. The molecule has 0 radical (unpaired) electrons. The fourth-order valence-corrected chi connectivity index (χ4v) is 2.43. The first kappa shape index (κ1) is 12.5. The van der Waals surface area contributed by atoms with Gasteiger partial charge in [-0.1, -0.05) is 0 Å². The zero-order valence-corrected chi connectivity index (χ0v) is 11.0. The van der Waals surface area contributed by atoms with E-state index in [9.17, 15) is 8.78 Å². The Bertz CT molecular complexity index is 638. The molecule has 1 aromatic carbocycles. The first-order chi connectivity index (χ1) is 9.13. The Kier molecular flexibility index (Phi) is 3.18. The molecule has 0 atom stereocenters. The van der Waals surface area contributed by atoms with Crippen molar-refractivity contribution in [2.75, 3.05) is 0 Å². The fraction of sp³-hybridized carbons (Fsp3) is 0.385. The zero-order chi connectivity index (χ0) is 13.4. The Hall–Kier alpha value is -1.56. The Morgan fingerprint density at radius 1 is 1.26 bits per heavy atom. The summed E-state index contributed by atoms with van der Waals surface area (Å²) in [5.41, 5.74) is 0.627. The lowest BCUT2D eigenvalue weighted by Gasteiger charge is -2.06. The first-order valence-corrected chi connectivity index (χ1v) is 6.64. The Morgan fingerprint density at radius 2 is 1.95 bits per heavy atom. The van der Waals surface area contributed by atoms with Crippen LogP contribution >= 0.6 is 12.2 Å². The van der Waals surface area contributed by atoms with Gasteiger partial charge in [-0.2, -0.15) is 5.10 Å². The van der Waals surface area contributed by atoms with Crippen LogP contribution in [0.5, 0.6) is 0 Å². The molecule has 0 aliphatic heterocycles. The van der Waals surface area contributed by atoms with E-state index in [0.29, 0.717) is 29.2 Å². The number of benzene rings is 1. The highest BCUT2D eigenvalue weighted by Gasteiger charge is 2.28. The Labute approximate surface area is 114 Å². The van der Waals surface area contributed by atoms with Crippen molar-refractivity contribution >= 4 is 12.2 Å². The van der Waals surface area contributed by atoms with Crippen molar-refractivity contribution in [3.05, 3.63) is 46.0 Å². The highest BCUT2D eigenvalue weighted by Crippen LogP contribution is 2.38. The quantitative estimate of drug-likeness (QED) is 0.872. The van der Waals surface area contributed by atoms with E-state index in [4.69, 9.17) is 12.2 Å². The van der Waals surface area contributed by atoms with Gasteiger partial charge in [0.1, 0.15) is 17.5 Å². The predicted octanol–water partition coefficient (Wildman–Crippen LogP) is 3.34. The van der Waals surface area contributed by atoms with Gasteiger partial charge in [0.2, 0.25) is 0 Å². The minimum atomic E-state index is -0.548. The molecule has 1 aromatic heterocycles. The molecule has 3 nitrogen and oxygen atoms in total. The minimum absolute atomic E-state index is 0.484. The van der Waals surface area contributed by atoms with Crippen molar-refractivity contribution in [2.24, 2.45) is 0 Å². The molecule has 1 aliphatic rings. The van der Waals surface area contributed by atoms with Crippen LogP contribution in [-0.2, 0) is 13.0 Å². The van der Waals surface area contributed by atoms with Crippen molar-refractivity contribution in [1.29, 1.82) is 0 Å². The van der Waals surface area contributed by atoms with E-state index in [1.165, 1.54) is 12.1 Å². The van der Waals surface area contributed by atoms with Crippen LogP contribution in [0, 0.1) is 16.4 Å². The van der Waals surface area contributed by atoms with Crippen LogP contribution in [0.3, 0.4) is 0 Å². The average molecular weight is 281 g/mol. The van der Waals surface area contributed by atoms with Gasteiger partial charge in [-0.15, -0.1) is 0 Å². The molecule has 100 valence electrons. The number of aromatic amines is 1. The van der Waals surface area contributed by atoms with Crippen LogP contribution in [0.4, 0.5) is 8.78 Å². The van der Waals surface area contributed by atoms with E-state index in [1.807, 2.05) is 4.57 Å². The van der Waals surface area contributed by atoms with Gasteiger partial charge in [-0.05, 0) is 49.2 Å². The molecule has 0 saturated heterocycles. The third kappa shape index (κ3) is 2.73. The summed E-state index contributed by atoms with van der Waals surface area (Å²) in [6, 6.07) is 3.58. The molecule has 0 spiro atoms. The molecule has 3 rings (SSSR count). The van der Waals surface area contributed by atoms with Crippen molar-refractivity contribution in [2.45, 2.75) is 31.7 Å². The van der Waals surface area contributed by atoms with Crippen molar-refractivity contribution in [1.82, 2.24) is 14.8 Å². The van der Waals surface area contributed by atoms with Crippen molar-refractivity contribution in [3.8, 4) is 0 Å². The summed E-state index contributed by atoms with van der Waals surface area (Å²) >= 11 is 5.18. The molecule has 0 bridgehead atoms. The summed E-state index contributed by atoms with van der Waals surface area (Å²) in [6.07, 6.45) is 2.80. The number of aryl methyl sites for hydroxylation is 1. The smallest absolute Gasteiger partial charge is 0.195 e. The van der Waals surface area contributed by atoms with Crippen LogP contribution < -0.4 is 0 Å². The molecule has 1 heterocycles. The van der Waals surface area contributed by atoms with Gasteiger partial charge in [0.05, 0.1) is 0 Å². The van der Waals surface area contributed by atoms with Crippen molar-refractivity contribution in [3.63, 3.8) is 0 Å². The second-order valence-electron chi connectivity index (χ2n) is 4.84. The van der Waals surface area contributed by atoms with Gasteiger partial charge in [0.15, 0.2) is 4.77 Å². The molecule has 0 unspecified atom stereocenters. The van der Waals surface area contributed by atoms with Crippen molar-refractivity contribution < 1.29 is 8.78 Å². The summed E-state index contributed by atoms with van der Waals surface area (Å²) in [7, 11) is 0. The SMILES string of the molecule is Fc1cc(F)cc(CCn2c(C3CC3)n[nH]c2=S)c1. The minimum Gasteiger partial charge on any atom is -0.304 e. The van der Waals surface area contributed by atoms with E-state index >= 15 is 0 Å². The highest BCUT2D eigenvalue weighted by atomic mass is 32.1. The van der Waals surface area contributed by atoms with Crippen LogP contribution in [0.1, 0.15) is 30.1 Å². The highest BCUT2D eigenvalue weighted by molar-refractivity contribution is 7.71. The molecule has 0 amide bonds. The number of H-pyrrole nitrogens is 1. The third-order valence-corrected chi connectivity index (χ3v) is 3.59. The van der Waals surface area contributed by atoms with Gasteiger partial charge in [-0.25, -0.2) is 8.78 Å². The Morgan fingerprint density at radius 3 is 2.58 bits per heavy atom. The third-order valence-electron chi connectivity index (χ3n) is 3.28. The molecular weight excluding hydrogens is 268 g/mol. The fourth-order valence-electron chi connectivity index (χ4n) is 2.20. The van der Waals surface area contributed by atoms with Gasteiger partial charge < -0.3 is 4.57 Å². The van der Waals surface area contributed by atoms with E-state index in [1.54, 1.807) is 0 Å². The zero-order valence-electron chi connectivity index (χ0n) is 10.2. The number of halogens is 2. The summed E-state index contributed by atoms with van der Waals surface area (Å²) in [4.78, 5) is 0. The number of nitrogens with one attached hydrogen (secondary N) is 1. The molecule has 2 aromatic rings. The topological polar surface area (TPSA) is 33.6 Å². The number of nitrogens with zero attached hydrogens (tertiary/aromatic N) is 2. The number of hydrogen-bond acceptors (Lipinski definition) is 2. The number of hydrogen-bond donors (Lipinski definition) is 1. The van der Waals surface area contributed by atoms with Gasteiger partial charge in [-0.3, -0.25) is 5.10 Å². The van der Waals surface area contributed by atoms with Crippen LogP contribution in [-0.4, -0.2) is 14.8 Å². The summed E-state index contributed by atoms with van der Waals surface area (Å²) in [5.74, 6) is 0.348. The van der Waals surface area contributed by atoms with E-state index in [2.05, 4.69) is 10.2 Å². The Balaban J connectivity index is 1.78. The monoisotopic (exact) mass is 281 g/mol. The number of aromatic nitrogens is 3. The summed E-state index contributed by atoms with van der Waals surface area (Å²) < 4.78 is 28.7. The molecule has 1 saturated carbocycles.